The fourth-order valence-corrected chi connectivity index (χ4v) is 0.422. The molecule has 1 unspecified atom stereocenters. The van der Waals surface area contributed by atoms with E-state index in [1.54, 1.807) is 13.8 Å². The number of hydrogen-bond acceptors (Lipinski definition) is 1. The molecule has 1 nitrogen and oxygen atoms in total. The quantitative estimate of drug-likeness (QED) is 0.535. The summed E-state index contributed by atoms with van der Waals surface area (Å²) in [6.07, 6.45) is 0.596. The Morgan fingerprint density at radius 2 is 2.33 bits per heavy atom. The second kappa shape index (κ2) is 4.34. The van der Waals surface area contributed by atoms with E-state index in [2.05, 4.69) is 24.5 Å². The van der Waals surface area contributed by atoms with Crippen LogP contribution in [0.4, 0.5) is 0 Å². The highest BCUT2D eigenvalue weighted by Crippen LogP contribution is 2.03. The van der Waals surface area contributed by atoms with Crippen LogP contribution in [0, 0.1) is 17.8 Å². The van der Waals surface area contributed by atoms with Crippen molar-refractivity contribution < 1.29 is 4.79 Å². The zero-order chi connectivity index (χ0) is 7.28. The fourth-order valence-electron chi connectivity index (χ4n) is 0.338. The zero-order valence-corrected chi connectivity index (χ0v) is 6.42. The van der Waals surface area contributed by atoms with Gasteiger partial charge in [-0.15, -0.1) is 11.8 Å². The molecule has 0 heterocycles. The van der Waals surface area contributed by atoms with E-state index >= 15 is 0 Å². The fraction of sp³-hybridized carbons (Fsp3) is 0.571. The van der Waals surface area contributed by atoms with Crippen molar-refractivity contribution in [2.24, 2.45) is 5.92 Å². The van der Waals surface area contributed by atoms with Crippen LogP contribution in [0.1, 0.15) is 20.3 Å². The summed E-state index contributed by atoms with van der Waals surface area (Å²) < 4.78 is 0. The normalized spacial score (nSPS) is 11.3. The average Bonchev–Trinajstić information content (AvgIpc) is 1.82. The summed E-state index contributed by atoms with van der Waals surface area (Å²) in [5, 5.41) is -0.197. The summed E-state index contributed by atoms with van der Waals surface area (Å²) >= 11 is 4.41. The highest BCUT2D eigenvalue weighted by atomic mass is 32.1. The van der Waals surface area contributed by atoms with Crippen LogP contribution in [0.25, 0.3) is 0 Å². The number of hydrogen-bond donors (Lipinski definition) is 0. The SMILES string of the molecule is CC#CCC(C)C(=O)[S]. The Kier molecular flexibility index (Phi) is 4.08. The van der Waals surface area contributed by atoms with Gasteiger partial charge in [0.2, 0.25) is 5.12 Å². The zero-order valence-electron chi connectivity index (χ0n) is 5.60. The Bertz CT molecular complexity index is 152. The summed E-state index contributed by atoms with van der Waals surface area (Å²) in [6, 6.07) is 0. The van der Waals surface area contributed by atoms with Crippen molar-refractivity contribution in [2.75, 3.05) is 0 Å². The third-order valence-electron chi connectivity index (χ3n) is 0.987. The molecule has 0 saturated carbocycles. The van der Waals surface area contributed by atoms with Crippen LogP contribution in [-0.4, -0.2) is 5.12 Å². The third-order valence-corrected chi connectivity index (χ3v) is 1.39. The smallest absolute Gasteiger partial charge is 0.222 e. The summed E-state index contributed by atoms with van der Waals surface area (Å²) in [6.45, 7) is 3.54. The number of carbonyl (C=O) groups excluding carboxylic acids is 1. The van der Waals surface area contributed by atoms with Gasteiger partial charge in [0.05, 0.1) is 0 Å². The van der Waals surface area contributed by atoms with Gasteiger partial charge in [0.1, 0.15) is 0 Å². The summed E-state index contributed by atoms with van der Waals surface area (Å²) in [7, 11) is 0. The molecule has 1 atom stereocenters. The molecule has 0 aromatic rings. The molecule has 0 bridgehead atoms. The molecule has 0 aromatic carbocycles. The van der Waals surface area contributed by atoms with Crippen molar-refractivity contribution >= 4 is 17.7 Å². The van der Waals surface area contributed by atoms with Crippen LogP contribution in [0.5, 0.6) is 0 Å². The van der Waals surface area contributed by atoms with Crippen molar-refractivity contribution in [1.29, 1.82) is 0 Å². The topological polar surface area (TPSA) is 17.1 Å². The predicted octanol–water partition coefficient (Wildman–Crippen LogP) is 1.76. The summed E-state index contributed by atoms with van der Waals surface area (Å²) in [5.41, 5.74) is 0. The van der Waals surface area contributed by atoms with Gasteiger partial charge in [0.15, 0.2) is 0 Å². The van der Waals surface area contributed by atoms with Crippen LogP contribution in [0.15, 0.2) is 0 Å². The maximum absolute atomic E-state index is 10.4. The molecule has 9 heavy (non-hydrogen) atoms. The van der Waals surface area contributed by atoms with E-state index in [0.717, 1.165) is 0 Å². The molecule has 2 heteroatoms. The van der Waals surface area contributed by atoms with Crippen molar-refractivity contribution in [3.63, 3.8) is 0 Å². The Hall–Kier alpha value is -0.550. The molecule has 0 aliphatic heterocycles. The van der Waals surface area contributed by atoms with Crippen LogP contribution < -0.4 is 0 Å². The second-order valence-corrected chi connectivity index (χ2v) is 2.25. The van der Waals surface area contributed by atoms with E-state index in [0.29, 0.717) is 6.42 Å². The number of carbonyl (C=O) groups is 1. The minimum absolute atomic E-state index is 0.0764. The van der Waals surface area contributed by atoms with E-state index in [4.69, 9.17) is 0 Å². The molecule has 0 N–H and O–H groups in total. The molecule has 0 spiro atoms. The first-order chi connectivity index (χ1) is 4.18. The van der Waals surface area contributed by atoms with Crippen molar-refractivity contribution in [3.8, 4) is 11.8 Å². The Morgan fingerprint density at radius 3 is 2.67 bits per heavy atom. The van der Waals surface area contributed by atoms with Gasteiger partial charge in [-0.25, -0.2) is 0 Å². The highest BCUT2D eigenvalue weighted by molar-refractivity contribution is 7.96. The Balaban J connectivity index is 3.59. The largest absolute Gasteiger partial charge is 0.282 e. The number of rotatable bonds is 2. The molecule has 0 aromatic heterocycles. The van der Waals surface area contributed by atoms with Crippen LogP contribution in [0.3, 0.4) is 0 Å². The second-order valence-electron chi connectivity index (χ2n) is 1.85. The molecule has 0 amide bonds. The first kappa shape index (κ1) is 8.45. The predicted molar refractivity (Wildman–Crippen MR) is 39.8 cm³/mol. The maximum atomic E-state index is 10.4. The van der Waals surface area contributed by atoms with Gasteiger partial charge in [-0.2, -0.15) is 0 Å². The minimum atomic E-state index is -0.197. The molecule has 0 saturated heterocycles. The van der Waals surface area contributed by atoms with Crippen molar-refractivity contribution in [1.82, 2.24) is 0 Å². The first-order valence-corrected chi connectivity index (χ1v) is 3.19. The van der Waals surface area contributed by atoms with Crippen LogP contribution in [-0.2, 0) is 4.79 Å². The molecule has 49 valence electrons. The van der Waals surface area contributed by atoms with Gasteiger partial charge in [0.25, 0.3) is 0 Å². The molecule has 0 fully saturated rings. The molecule has 0 rings (SSSR count). The summed E-state index contributed by atoms with van der Waals surface area (Å²) in [4.78, 5) is 10.4. The lowest BCUT2D eigenvalue weighted by molar-refractivity contribution is -0.113. The van der Waals surface area contributed by atoms with Gasteiger partial charge in [-0.05, 0) is 19.6 Å². The first-order valence-electron chi connectivity index (χ1n) is 2.79. The van der Waals surface area contributed by atoms with E-state index < -0.39 is 0 Å². The average molecular weight is 141 g/mol. The minimum Gasteiger partial charge on any atom is -0.282 e. The monoisotopic (exact) mass is 141 g/mol. The lowest BCUT2D eigenvalue weighted by Gasteiger charge is -1.96. The lowest BCUT2D eigenvalue weighted by atomic mass is 10.1. The third kappa shape index (κ3) is 3.99. The van der Waals surface area contributed by atoms with E-state index in [1.165, 1.54) is 0 Å². The van der Waals surface area contributed by atoms with Gasteiger partial charge in [0, 0.05) is 12.3 Å². The van der Waals surface area contributed by atoms with Gasteiger partial charge < -0.3 is 0 Å². The van der Waals surface area contributed by atoms with Crippen LogP contribution in [0.2, 0.25) is 0 Å². The van der Waals surface area contributed by atoms with Gasteiger partial charge in [-0.1, -0.05) is 6.92 Å². The standard InChI is InChI=1S/C7H9OS/c1-3-4-5-6(2)7(8)9/h6H,5H2,1-2H3. The molecule has 0 aliphatic carbocycles. The summed E-state index contributed by atoms with van der Waals surface area (Å²) in [5.74, 6) is 5.42. The van der Waals surface area contributed by atoms with E-state index in [9.17, 15) is 4.79 Å². The molecular formula is C7H9OS. The Morgan fingerprint density at radius 1 is 1.78 bits per heavy atom. The Labute approximate surface area is 61.2 Å². The van der Waals surface area contributed by atoms with E-state index in [1.807, 2.05) is 0 Å². The van der Waals surface area contributed by atoms with E-state index in [-0.39, 0.29) is 11.0 Å². The highest BCUT2D eigenvalue weighted by Gasteiger charge is 2.06. The molecule has 0 aliphatic rings. The molecular weight excluding hydrogens is 132 g/mol. The van der Waals surface area contributed by atoms with Crippen molar-refractivity contribution in [3.05, 3.63) is 0 Å². The maximum Gasteiger partial charge on any atom is 0.222 e. The van der Waals surface area contributed by atoms with Crippen molar-refractivity contribution in [2.45, 2.75) is 20.3 Å². The van der Waals surface area contributed by atoms with Gasteiger partial charge in [-0.3, -0.25) is 4.79 Å². The lowest BCUT2D eigenvalue weighted by Crippen LogP contribution is -2.01. The molecule has 1 radical (unpaired) electrons. The van der Waals surface area contributed by atoms with Crippen LogP contribution >= 0.6 is 12.6 Å². The van der Waals surface area contributed by atoms with Gasteiger partial charge >= 0.3 is 0 Å².